The summed E-state index contributed by atoms with van der Waals surface area (Å²) in [5.41, 5.74) is 8.46. The number of ether oxygens (including phenoxy) is 3. The Kier molecular flexibility index (Phi) is 6.00. The Morgan fingerprint density at radius 2 is 1.35 bits per heavy atom. The van der Waals surface area contributed by atoms with E-state index in [-0.39, 0.29) is 6.71 Å². The van der Waals surface area contributed by atoms with E-state index in [0.29, 0.717) is 17.5 Å². The summed E-state index contributed by atoms with van der Waals surface area (Å²) in [5, 5.41) is 0. The molecule has 4 aromatic carbocycles. The monoisotopic (exact) mass is 558 g/mol. The van der Waals surface area contributed by atoms with Gasteiger partial charge < -0.3 is 14.2 Å². The number of hydrogen-bond donors (Lipinski definition) is 0. The van der Waals surface area contributed by atoms with Gasteiger partial charge >= 0.3 is 0 Å². The van der Waals surface area contributed by atoms with Gasteiger partial charge in [-0.2, -0.15) is 0 Å². The van der Waals surface area contributed by atoms with Gasteiger partial charge in [-0.25, -0.2) is 4.98 Å². The summed E-state index contributed by atoms with van der Waals surface area (Å²) in [7, 11) is 0. The molecule has 5 nitrogen and oxygen atoms in total. The molecule has 0 fully saturated rings. The molecule has 6 aromatic rings. The lowest BCUT2D eigenvalue weighted by molar-refractivity contribution is 0.453. The fourth-order valence-electron chi connectivity index (χ4n) is 5.95. The van der Waals surface area contributed by atoms with Crippen LogP contribution < -0.4 is 30.6 Å². The van der Waals surface area contributed by atoms with Crippen molar-refractivity contribution in [2.75, 3.05) is 0 Å². The van der Waals surface area contributed by atoms with Gasteiger partial charge in [-0.15, -0.1) is 0 Å². The third-order valence-corrected chi connectivity index (χ3v) is 8.16. The largest absolute Gasteiger partial charge is 0.458 e. The van der Waals surface area contributed by atoms with E-state index < -0.39 is 0 Å². The number of hydrogen-bond acceptors (Lipinski definition) is 5. The third-order valence-electron chi connectivity index (χ3n) is 8.16. The molecule has 0 atom stereocenters. The first-order valence-electron chi connectivity index (χ1n) is 14.5. The predicted octanol–water partition coefficient (Wildman–Crippen LogP) is 7.45. The SMILES string of the molecule is CC(C)c1cc2c3c(c1)Oc1ccc(-c4ccc(-c5ccccc5)cn4)cc1B3c1cc(Oc3ccccn3)ccc1O2. The van der Waals surface area contributed by atoms with Crippen LogP contribution in [0.4, 0.5) is 0 Å². The second-order valence-corrected chi connectivity index (χ2v) is 11.2. The van der Waals surface area contributed by atoms with Gasteiger partial charge in [0.15, 0.2) is 0 Å². The molecule has 0 amide bonds. The van der Waals surface area contributed by atoms with Crippen LogP contribution in [0, 0.1) is 0 Å². The van der Waals surface area contributed by atoms with Crippen LogP contribution in [0.5, 0.6) is 34.6 Å². The molecule has 0 bridgehead atoms. The molecule has 2 aromatic heterocycles. The van der Waals surface area contributed by atoms with E-state index in [2.05, 4.69) is 79.5 Å². The molecule has 0 radical (unpaired) electrons. The fourth-order valence-corrected chi connectivity index (χ4v) is 5.95. The van der Waals surface area contributed by atoms with E-state index >= 15 is 0 Å². The molecule has 206 valence electrons. The summed E-state index contributed by atoms with van der Waals surface area (Å²) in [4.78, 5) is 9.18. The molecular formula is C37H27BN2O3. The van der Waals surface area contributed by atoms with E-state index in [1.165, 1.54) is 5.56 Å². The summed E-state index contributed by atoms with van der Waals surface area (Å²) < 4.78 is 19.3. The lowest BCUT2D eigenvalue weighted by atomic mass is 9.34. The van der Waals surface area contributed by atoms with Gasteiger partial charge in [-0.1, -0.05) is 62.4 Å². The second-order valence-electron chi connectivity index (χ2n) is 11.2. The van der Waals surface area contributed by atoms with Crippen LogP contribution in [0.15, 0.2) is 122 Å². The molecule has 6 heteroatoms. The summed E-state index contributed by atoms with van der Waals surface area (Å²) in [6.45, 7) is 4.26. The molecule has 0 saturated heterocycles. The molecule has 2 aliphatic rings. The van der Waals surface area contributed by atoms with Crippen LogP contribution in [-0.2, 0) is 0 Å². The molecule has 0 saturated carbocycles. The third kappa shape index (κ3) is 4.52. The number of aromatic nitrogens is 2. The van der Waals surface area contributed by atoms with Crippen molar-refractivity contribution >= 4 is 23.1 Å². The number of rotatable bonds is 5. The highest BCUT2D eigenvalue weighted by Crippen LogP contribution is 2.38. The average molecular weight is 558 g/mol. The van der Waals surface area contributed by atoms with Crippen LogP contribution in [0.1, 0.15) is 25.3 Å². The molecule has 43 heavy (non-hydrogen) atoms. The lowest BCUT2D eigenvalue weighted by Crippen LogP contribution is -2.57. The smallest absolute Gasteiger partial charge is 0.260 e. The van der Waals surface area contributed by atoms with Crippen LogP contribution in [0.25, 0.3) is 22.4 Å². The van der Waals surface area contributed by atoms with E-state index in [0.717, 1.165) is 61.8 Å². The quantitative estimate of drug-likeness (QED) is 0.205. The van der Waals surface area contributed by atoms with Crippen molar-refractivity contribution in [2.24, 2.45) is 0 Å². The first-order valence-corrected chi connectivity index (χ1v) is 14.5. The number of nitrogens with zero attached hydrogens (tertiary/aromatic N) is 2. The minimum absolute atomic E-state index is 0.102. The Balaban J connectivity index is 1.25. The highest BCUT2D eigenvalue weighted by molar-refractivity contribution is 6.98. The van der Waals surface area contributed by atoms with Crippen molar-refractivity contribution < 1.29 is 14.2 Å². The van der Waals surface area contributed by atoms with Crippen LogP contribution in [0.3, 0.4) is 0 Å². The number of fused-ring (bicyclic) bond motifs is 4. The zero-order valence-corrected chi connectivity index (χ0v) is 23.8. The normalized spacial score (nSPS) is 12.5. The fraction of sp³-hybridized carbons (Fsp3) is 0.0811. The highest BCUT2D eigenvalue weighted by atomic mass is 16.5. The molecule has 0 spiro atoms. The standard InChI is InChI=1S/C37H27BN2O3/c1-23(2)27-19-34-37-35(20-27)43-33-16-13-28(41-36-10-6-7-17-39-36)21-30(33)38(37)29-18-25(12-15-32(29)42-34)31-14-11-26(22-40-31)24-8-4-3-5-9-24/h3-23H,1-2H3. The minimum Gasteiger partial charge on any atom is -0.458 e. The zero-order valence-electron chi connectivity index (χ0n) is 23.8. The van der Waals surface area contributed by atoms with Crippen LogP contribution in [-0.4, -0.2) is 16.7 Å². The minimum atomic E-state index is -0.102. The van der Waals surface area contributed by atoms with Gasteiger partial charge in [-0.3, -0.25) is 4.98 Å². The Morgan fingerprint density at radius 1 is 0.628 bits per heavy atom. The molecule has 4 heterocycles. The summed E-state index contributed by atoms with van der Waals surface area (Å²) in [6, 6.07) is 36.8. The van der Waals surface area contributed by atoms with Gasteiger partial charge in [0.2, 0.25) is 5.88 Å². The maximum atomic E-state index is 6.58. The molecule has 0 unspecified atom stereocenters. The van der Waals surface area contributed by atoms with E-state index in [4.69, 9.17) is 19.2 Å². The molecule has 0 aliphatic carbocycles. The first kappa shape index (κ1) is 25.4. The second kappa shape index (κ2) is 10.2. The first-order chi connectivity index (χ1) is 21.1. The maximum Gasteiger partial charge on any atom is 0.260 e. The van der Waals surface area contributed by atoms with Gasteiger partial charge in [-0.05, 0) is 88.1 Å². The van der Waals surface area contributed by atoms with Gasteiger partial charge in [0.1, 0.15) is 28.7 Å². The maximum absolute atomic E-state index is 6.58. The Morgan fingerprint density at radius 3 is 2.05 bits per heavy atom. The lowest BCUT2D eigenvalue weighted by Gasteiger charge is -2.34. The van der Waals surface area contributed by atoms with Gasteiger partial charge in [0.25, 0.3) is 6.71 Å². The van der Waals surface area contributed by atoms with Crippen molar-refractivity contribution in [1.82, 2.24) is 9.97 Å². The van der Waals surface area contributed by atoms with Crippen molar-refractivity contribution in [2.45, 2.75) is 19.8 Å². The number of benzene rings is 4. The van der Waals surface area contributed by atoms with Gasteiger partial charge in [0.05, 0.1) is 5.69 Å². The summed E-state index contributed by atoms with van der Waals surface area (Å²) >= 11 is 0. The van der Waals surface area contributed by atoms with Crippen molar-refractivity contribution in [3.8, 4) is 57.0 Å². The van der Waals surface area contributed by atoms with E-state index in [1.807, 2.05) is 54.7 Å². The van der Waals surface area contributed by atoms with E-state index in [9.17, 15) is 0 Å². The Labute approximate surface area is 250 Å². The van der Waals surface area contributed by atoms with Crippen LogP contribution in [0.2, 0.25) is 0 Å². The predicted molar refractivity (Wildman–Crippen MR) is 171 cm³/mol. The number of pyridine rings is 2. The van der Waals surface area contributed by atoms with Crippen molar-refractivity contribution in [3.05, 3.63) is 127 Å². The highest BCUT2D eigenvalue weighted by Gasteiger charge is 2.41. The Bertz CT molecular complexity index is 1960. The van der Waals surface area contributed by atoms with Crippen LogP contribution >= 0.6 is 0 Å². The summed E-state index contributed by atoms with van der Waals surface area (Å²) in [6.07, 6.45) is 3.66. The zero-order chi connectivity index (χ0) is 28.9. The molecule has 0 N–H and O–H groups in total. The summed E-state index contributed by atoms with van der Waals surface area (Å²) in [5.74, 6) is 4.88. The Hall–Kier alpha value is -5.36. The molecule has 8 rings (SSSR count). The topological polar surface area (TPSA) is 53.5 Å². The van der Waals surface area contributed by atoms with Crippen molar-refractivity contribution in [1.29, 1.82) is 0 Å². The van der Waals surface area contributed by atoms with E-state index in [1.54, 1.807) is 6.20 Å². The van der Waals surface area contributed by atoms with Gasteiger partial charge in [0, 0.05) is 29.5 Å². The average Bonchev–Trinajstić information content (AvgIpc) is 3.05. The van der Waals surface area contributed by atoms with Crippen molar-refractivity contribution in [3.63, 3.8) is 0 Å². The molecular weight excluding hydrogens is 531 g/mol. The molecule has 2 aliphatic heterocycles.